The molecule has 0 N–H and O–H groups in total. The van der Waals surface area contributed by atoms with Crippen LogP contribution in [0.25, 0.3) is 16.7 Å². The molecule has 0 spiro atoms. The zero-order valence-electron chi connectivity index (χ0n) is 10.3. The van der Waals surface area contributed by atoms with Crippen LogP contribution in [0, 0.1) is 0 Å². The first-order valence-corrected chi connectivity index (χ1v) is 6.46. The van der Waals surface area contributed by atoms with Gasteiger partial charge in [0.1, 0.15) is 0 Å². The van der Waals surface area contributed by atoms with Crippen molar-refractivity contribution in [1.82, 2.24) is 0 Å². The van der Waals surface area contributed by atoms with Crippen LogP contribution in [0.5, 0.6) is 0 Å². The Hall–Kier alpha value is -2.08. The normalized spacial score (nSPS) is 12.3. The summed E-state index contributed by atoms with van der Waals surface area (Å²) in [5, 5.41) is 0. The predicted octanol–water partition coefficient (Wildman–Crippen LogP) is 7.00. The van der Waals surface area contributed by atoms with E-state index in [0.29, 0.717) is 0 Å². The smallest absolute Gasteiger partial charge is 0.0178 e. The zero-order valence-corrected chi connectivity index (χ0v) is 10.3. The second kappa shape index (κ2) is 8.97. The Bertz CT molecular complexity index is 588. The van der Waals surface area contributed by atoms with Crippen LogP contribution >= 0.6 is 0 Å². The average Bonchev–Trinajstić information content (AvgIpc) is 2.49. The van der Waals surface area contributed by atoms with Gasteiger partial charge in [0.25, 0.3) is 0 Å². The molecule has 0 nitrogen and oxygen atoms in total. The van der Waals surface area contributed by atoms with Crippen LogP contribution < -0.4 is 0 Å². The van der Waals surface area contributed by atoms with Crippen molar-refractivity contribution < 1.29 is 0 Å². The second-order valence-electron chi connectivity index (χ2n) is 4.59. The van der Waals surface area contributed by atoms with Crippen molar-refractivity contribution in [1.29, 1.82) is 0 Å². The first-order chi connectivity index (χ1) is 8.93. The zero-order chi connectivity index (χ0) is 12.2. The molecular weight excluding hydrogens is 252 g/mol. The standard InChI is InChI=1S/C18H16.3CH4/c1-3-8-15(9-4-1)17-12-7-13-18(14-17)16-10-5-2-6-11-16;;;/h1,3-5,7-14H,2,6H2;3*1H4. The van der Waals surface area contributed by atoms with E-state index in [-0.39, 0.29) is 22.3 Å². The van der Waals surface area contributed by atoms with Gasteiger partial charge in [0.2, 0.25) is 0 Å². The van der Waals surface area contributed by atoms with Gasteiger partial charge in [-0.25, -0.2) is 0 Å². The van der Waals surface area contributed by atoms with Crippen LogP contribution in [0.4, 0.5) is 0 Å². The van der Waals surface area contributed by atoms with Crippen LogP contribution in [0.3, 0.4) is 0 Å². The van der Waals surface area contributed by atoms with Crippen molar-refractivity contribution in [2.24, 2.45) is 0 Å². The Morgan fingerprint density at radius 2 is 1.29 bits per heavy atom. The minimum atomic E-state index is 0. The Balaban J connectivity index is 0.00000133. The lowest BCUT2D eigenvalue weighted by Gasteiger charge is -2.09. The summed E-state index contributed by atoms with van der Waals surface area (Å²) in [7, 11) is 0. The summed E-state index contributed by atoms with van der Waals surface area (Å²) in [6.45, 7) is 0. The maximum absolute atomic E-state index is 2.32. The topological polar surface area (TPSA) is 0 Å². The second-order valence-corrected chi connectivity index (χ2v) is 4.59. The Labute approximate surface area is 130 Å². The molecule has 0 atom stereocenters. The van der Waals surface area contributed by atoms with Crippen molar-refractivity contribution in [2.45, 2.75) is 35.1 Å². The van der Waals surface area contributed by atoms with Crippen LogP contribution in [0.2, 0.25) is 0 Å². The quantitative estimate of drug-likeness (QED) is 0.555. The Morgan fingerprint density at radius 3 is 1.95 bits per heavy atom. The number of hydrogen-bond acceptors (Lipinski definition) is 0. The summed E-state index contributed by atoms with van der Waals surface area (Å²) in [4.78, 5) is 0. The van der Waals surface area contributed by atoms with E-state index < -0.39 is 0 Å². The number of hydrogen-bond donors (Lipinski definition) is 0. The summed E-state index contributed by atoms with van der Waals surface area (Å²) in [5.41, 5.74) is 5.22. The molecule has 0 heterocycles. The van der Waals surface area contributed by atoms with E-state index in [1.54, 1.807) is 0 Å². The molecule has 0 aliphatic heterocycles. The molecule has 112 valence electrons. The first-order valence-electron chi connectivity index (χ1n) is 6.46. The fraction of sp³-hybridized carbons (Fsp3) is 0.238. The molecule has 0 amide bonds. The van der Waals surface area contributed by atoms with Gasteiger partial charge in [-0.05, 0) is 41.2 Å². The van der Waals surface area contributed by atoms with E-state index in [2.05, 4.69) is 72.8 Å². The molecule has 0 heteroatoms. The molecule has 2 aromatic carbocycles. The first kappa shape index (κ1) is 18.9. The highest BCUT2D eigenvalue weighted by molar-refractivity contribution is 5.78. The molecule has 1 aliphatic rings. The molecule has 21 heavy (non-hydrogen) atoms. The molecule has 2 aromatic rings. The van der Waals surface area contributed by atoms with Gasteiger partial charge in [-0.2, -0.15) is 0 Å². The number of rotatable bonds is 2. The third kappa shape index (κ3) is 4.46. The number of allylic oxidation sites excluding steroid dienone is 4. The van der Waals surface area contributed by atoms with Gasteiger partial charge < -0.3 is 0 Å². The fourth-order valence-corrected chi connectivity index (χ4v) is 2.34. The molecular formula is C21H28. The van der Waals surface area contributed by atoms with Crippen LogP contribution in [0.15, 0.2) is 72.8 Å². The summed E-state index contributed by atoms with van der Waals surface area (Å²) < 4.78 is 0. The highest BCUT2D eigenvalue weighted by Crippen LogP contribution is 2.26. The number of benzene rings is 2. The molecule has 0 radical (unpaired) electrons. The van der Waals surface area contributed by atoms with Crippen LogP contribution in [-0.2, 0) is 0 Å². The summed E-state index contributed by atoms with van der Waals surface area (Å²) in [6.07, 6.45) is 9.13. The van der Waals surface area contributed by atoms with Crippen molar-refractivity contribution >= 4 is 5.57 Å². The van der Waals surface area contributed by atoms with Crippen LogP contribution in [0.1, 0.15) is 40.7 Å². The van der Waals surface area contributed by atoms with E-state index in [0.717, 1.165) is 6.42 Å². The maximum Gasteiger partial charge on any atom is -0.0178 e. The van der Waals surface area contributed by atoms with E-state index in [9.17, 15) is 0 Å². The molecule has 0 bridgehead atoms. The molecule has 0 saturated carbocycles. The van der Waals surface area contributed by atoms with Gasteiger partial charge in [-0.3, -0.25) is 0 Å². The lowest BCUT2D eigenvalue weighted by Crippen LogP contribution is -1.87. The fourth-order valence-electron chi connectivity index (χ4n) is 2.34. The van der Waals surface area contributed by atoms with Crippen molar-refractivity contribution in [3.05, 3.63) is 78.4 Å². The molecule has 1 aliphatic carbocycles. The van der Waals surface area contributed by atoms with Gasteiger partial charge in [0.15, 0.2) is 0 Å². The third-order valence-corrected chi connectivity index (χ3v) is 3.30. The van der Waals surface area contributed by atoms with Crippen molar-refractivity contribution in [3.8, 4) is 11.1 Å². The van der Waals surface area contributed by atoms with E-state index in [1.807, 2.05) is 0 Å². The van der Waals surface area contributed by atoms with Crippen LogP contribution in [-0.4, -0.2) is 0 Å². The largest absolute Gasteiger partial charge is 0.0836 e. The van der Waals surface area contributed by atoms with Gasteiger partial charge in [0, 0.05) is 0 Å². The minimum absolute atomic E-state index is 0. The average molecular weight is 280 g/mol. The molecule has 0 aromatic heterocycles. The van der Waals surface area contributed by atoms with Crippen molar-refractivity contribution in [3.63, 3.8) is 0 Å². The van der Waals surface area contributed by atoms with Gasteiger partial charge in [-0.1, -0.05) is 89.0 Å². The van der Waals surface area contributed by atoms with Gasteiger partial charge in [-0.15, -0.1) is 0 Å². The monoisotopic (exact) mass is 280 g/mol. The summed E-state index contributed by atoms with van der Waals surface area (Å²) in [5.74, 6) is 0. The predicted molar refractivity (Wildman–Crippen MR) is 98.4 cm³/mol. The third-order valence-electron chi connectivity index (χ3n) is 3.30. The summed E-state index contributed by atoms with van der Waals surface area (Å²) in [6, 6.07) is 19.3. The highest BCUT2D eigenvalue weighted by atomic mass is 14.1. The van der Waals surface area contributed by atoms with E-state index in [4.69, 9.17) is 0 Å². The van der Waals surface area contributed by atoms with Gasteiger partial charge >= 0.3 is 0 Å². The Kier molecular flexibility index (Phi) is 8.08. The van der Waals surface area contributed by atoms with E-state index >= 15 is 0 Å². The van der Waals surface area contributed by atoms with Crippen molar-refractivity contribution in [2.75, 3.05) is 0 Å². The summed E-state index contributed by atoms with van der Waals surface area (Å²) >= 11 is 0. The lowest BCUT2D eigenvalue weighted by atomic mass is 9.96. The highest BCUT2D eigenvalue weighted by Gasteiger charge is 2.03. The minimum Gasteiger partial charge on any atom is -0.0836 e. The molecule has 3 rings (SSSR count). The molecule has 0 saturated heterocycles. The SMILES string of the molecule is C.C.C.C1=CC(c2cccc(-c3ccccc3)c2)=CCC1. The van der Waals surface area contributed by atoms with E-state index in [1.165, 1.54) is 28.7 Å². The molecule has 0 unspecified atom stereocenters. The Morgan fingerprint density at radius 1 is 0.619 bits per heavy atom. The van der Waals surface area contributed by atoms with Gasteiger partial charge in [0.05, 0.1) is 0 Å². The lowest BCUT2D eigenvalue weighted by molar-refractivity contribution is 1.04. The molecule has 0 fully saturated rings. The maximum atomic E-state index is 2.32.